The molecule has 19 heavy (non-hydrogen) atoms. The van der Waals surface area contributed by atoms with Crippen LogP contribution >= 0.6 is 0 Å². The number of ether oxygens (including phenoxy) is 1. The number of aliphatic imine (C=N–C) groups is 1. The summed E-state index contributed by atoms with van der Waals surface area (Å²) < 4.78 is 5.70. The highest BCUT2D eigenvalue weighted by Crippen LogP contribution is 2.24. The van der Waals surface area contributed by atoms with Gasteiger partial charge in [0.2, 0.25) is 6.08 Å². The van der Waals surface area contributed by atoms with Crippen LogP contribution in [0.25, 0.3) is 0 Å². The molecule has 0 unspecified atom stereocenters. The number of benzene rings is 2. The van der Waals surface area contributed by atoms with Crippen LogP contribution in [0.5, 0.6) is 11.5 Å². The normalized spacial score (nSPS) is 9.74. The molecule has 0 N–H and O–H groups in total. The lowest BCUT2D eigenvalue weighted by Crippen LogP contribution is -1.86. The fourth-order valence-electron chi connectivity index (χ4n) is 1.79. The molecule has 0 radical (unpaired) electrons. The van der Waals surface area contributed by atoms with Gasteiger partial charge in [-0.1, -0.05) is 25.5 Å². The van der Waals surface area contributed by atoms with Gasteiger partial charge < -0.3 is 4.74 Å². The van der Waals surface area contributed by atoms with Gasteiger partial charge >= 0.3 is 0 Å². The molecule has 0 aliphatic heterocycles. The van der Waals surface area contributed by atoms with Gasteiger partial charge in [-0.3, -0.25) is 0 Å². The fourth-order valence-corrected chi connectivity index (χ4v) is 1.79. The average molecular weight is 253 g/mol. The average Bonchev–Trinajstić information content (AvgIpc) is 2.44. The summed E-state index contributed by atoms with van der Waals surface area (Å²) in [5.74, 6) is 1.51. The maximum absolute atomic E-state index is 10.1. The van der Waals surface area contributed by atoms with Crippen molar-refractivity contribution < 1.29 is 9.53 Å². The minimum absolute atomic E-state index is 0.570. The molecule has 2 rings (SSSR count). The Morgan fingerprint density at radius 1 is 1.00 bits per heavy atom. The SMILES string of the molecule is CCCc1ccc(Oc2ccc(N=C=O)cc2)cc1. The van der Waals surface area contributed by atoms with Gasteiger partial charge in [0.1, 0.15) is 11.5 Å². The number of isocyanates is 1. The van der Waals surface area contributed by atoms with Crippen molar-refractivity contribution in [3.05, 3.63) is 54.1 Å². The Hall–Kier alpha value is -2.38. The van der Waals surface area contributed by atoms with Gasteiger partial charge in [-0.05, 0) is 48.4 Å². The first kappa shape index (κ1) is 13.1. The van der Waals surface area contributed by atoms with Gasteiger partial charge in [-0.2, -0.15) is 4.99 Å². The van der Waals surface area contributed by atoms with Crippen molar-refractivity contribution >= 4 is 11.8 Å². The van der Waals surface area contributed by atoms with E-state index in [-0.39, 0.29) is 0 Å². The van der Waals surface area contributed by atoms with Crippen molar-refractivity contribution in [1.29, 1.82) is 0 Å². The van der Waals surface area contributed by atoms with E-state index in [1.54, 1.807) is 24.3 Å². The maximum Gasteiger partial charge on any atom is 0.240 e. The lowest BCUT2D eigenvalue weighted by atomic mass is 10.1. The van der Waals surface area contributed by atoms with Gasteiger partial charge in [0.05, 0.1) is 5.69 Å². The van der Waals surface area contributed by atoms with E-state index >= 15 is 0 Å². The first-order valence-electron chi connectivity index (χ1n) is 6.26. The molecule has 2 aromatic carbocycles. The highest BCUT2D eigenvalue weighted by Gasteiger charge is 1.98. The molecule has 3 heteroatoms. The molecular weight excluding hydrogens is 238 g/mol. The molecule has 0 aromatic heterocycles. The summed E-state index contributed by atoms with van der Waals surface area (Å²) in [7, 11) is 0. The second-order valence-electron chi connectivity index (χ2n) is 4.19. The molecule has 3 nitrogen and oxygen atoms in total. The van der Waals surface area contributed by atoms with Gasteiger partial charge in [0.25, 0.3) is 0 Å². The predicted octanol–water partition coefficient (Wildman–Crippen LogP) is 4.40. The minimum Gasteiger partial charge on any atom is -0.457 e. The third kappa shape index (κ3) is 3.80. The summed E-state index contributed by atoms with van der Waals surface area (Å²) in [4.78, 5) is 13.6. The summed E-state index contributed by atoms with van der Waals surface area (Å²) in [5, 5.41) is 0. The van der Waals surface area contributed by atoms with E-state index in [1.165, 1.54) is 11.6 Å². The Balaban J connectivity index is 2.05. The highest BCUT2D eigenvalue weighted by atomic mass is 16.5. The van der Waals surface area contributed by atoms with Gasteiger partial charge in [-0.15, -0.1) is 0 Å². The van der Waals surface area contributed by atoms with E-state index in [0.29, 0.717) is 11.4 Å². The van der Waals surface area contributed by atoms with Crippen LogP contribution in [-0.2, 0) is 11.2 Å². The van der Waals surface area contributed by atoms with Crippen LogP contribution in [0.1, 0.15) is 18.9 Å². The zero-order valence-corrected chi connectivity index (χ0v) is 10.8. The Morgan fingerprint density at radius 3 is 2.11 bits per heavy atom. The van der Waals surface area contributed by atoms with E-state index in [0.717, 1.165) is 18.6 Å². The zero-order valence-electron chi connectivity index (χ0n) is 10.8. The van der Waals surface area contributed by atoms with Crippen LogP contribution in [0, 0.1) is 0 Å². The molecule has 2 aromatic rings. The smallest absolute Gasteiger partial charge is 0.240 e. The minimum atomic E-state index is 0.570. The van der Waals surface area contributed by atoms with E-state index in [2.05, 4.69) is 24.0 Å². The van der Waals surface area contributed by atoms with Crippen molar-refractivity contribution in [1.82, 2.24) is 0 Å². The molecule has 0 aliphatic carbocycles. The third-order valence-electron chi connectivity index (χ3n) is 2.71. The number of hydrogen-bond donors (Lipinski definition) is 0. The van der Waals surface area contributed by atoms with E-state index < -0.39 is 0 Å². The number of carbonyl (C=O) groups excluding carboxylic acids is 1. The van der Waals surface area contributed by atoms with Gasteiger partial charge in [0.15, 0.2) is 0 Å². The highest BCUT2D eigenvalue weighted by molar-refractivity contribution is 5.50. The van der Waals surface area contributed by atoms with Crippen LogP contribution < -0.4 is 4.74 Å². The maximum atomic E-state index is 10.1. The lowest BCUT2D eigenvalue weighted by Gasteiger charge is -2.06. The Labute approximate surface area is 112 Å². The summed E-state index contributed by atoms with van der Waals surface area (Å²) in [5.41, 5.74) is 1.88. The summed E-state index contributed by atoms with van der Waals surface area (Å²) in [6.45, 7) is 2.16. The molecule has 0 amide bonds. The topological polar surface area (TPSA) is 38.7 Å². The molecule has 0 fully saturated rings. The first-order chi connectivity index (χ1) is 9.31. The molecule has 0 saturated carbocycles. The van der Waals surface area contributed by atoms with Crippen LogP contribution in [-0.4, -0.2) is 6.08 Å². The number of nitrogens with zero attached hydrogens (tertiary/aromatic N) is 1. The first-order valence-corrected chi connectivity index (χ1v) is 6.26. The lowest BCUT2D eigenvalue weighted by molar-refractivity contribution is 0.482. The summed E-state index contributed by atoms with van der Waals surface area (Å²) in [6, 6.07) is 15.0. The van der Waals surface area contributed by atoms with Crippen LogP contribution in [0.15, 0.2) is 53.5 Å². The molecule has 0 aliphatic rings. The Morgan fingerprint density at radius 2 is 1.58 bits per heavy atom. The predicted molar refractivity (Wildman–Crippen MR) is 74.7 cm³/mol. The van der Waals surface area contributed by atoms with Crippen molar-refractivity contribution in [3.8, 4) is 11.5 Å². The van der Waals surface area contributed by atoms with Crippen LogP contribution in [0.2, 0.25) is 0 Å². The van der Waals surface area contributed by atoms with Crippen molar-refractivity contribution in [3.63, 3.8) is 0 Å². The van der Waals surface area contributed by atoms with Crippen LogP contribution in [0.3, 0.4) is 0 Å². The van der Waals surface area contributed by atoms with Gasteiger partial charge in [-0.25, -0.2) is 4.79 Å². The molecule has 0 atom stereocenters. The van der Waals surface area contributed by atoms with E-state index in [4.69, 9.17) is 4.74 Å². The third-order valence-corrected chi connectivity index (χ3v) is 2.71. The summed E-state index contributed by atoms with van der Waals surface area (Å²) >= 11 is 0. The van der Waals surface area contributed by atoms with Crippen molar-refractivity contribution in [2.75, 3.05) is 0 Å². The molecule has 0 heterocycles. The monoisotopic (exact) mass is 253 g/mol. The quantitative estimate of drug-likeness (QED) is 0.585. The van der Waals surface area contributed by atoms with Crippen molar-refractivity contribution in [2.45, 2.75) is 19.8 Å². The fraction of sp³-hybridized carbons (Fsp3) is 0.188. The van der Waals surface area contributed by atoms with E-state index in [9.17, 15) is 4.79 Å². The van der Waals surface area contributed by atoms with E-state index in [1.807, 2.05) is 12.1 Å². The molecule has 0 spiro atoms. The number of aryl methyl sites for hydroxylation is 1. The van der Waals surface area contributed by atoms with Crippen molar-refractivity contribution in [2.24, 2.45) is 4.99 Å². The molecular formula is C16H15NO2. The molecule has 96 valence electrons. The summed E-state index contributed by atoms with van der Waals surface area (Å²) in [6.07, 6.45) is 3.73. The largest absolute Gasteiger partial charge is 0.457 e. The van der Waals surface area contributed by atoms with Gasteiger partial charge in [0, 0.05) is 0 Å². The second kappa shape index (κ2) is 6.53. The Kier molecular flexibility index (Phi) is 4.49. The standard InChI is InChI=1S/C16H15NO2/c1-2-3-13-4-8-15(9-5-13)19-16-10-6-14(7-11-16)17-12-18/h4-11H,2-3H2,1H3. The molecule has 0 bridgehead atoms. The number of hydrogen-bond acceptors (Lipinski definition) is 3. The Bertz CT molecular complexity index is 567. The second-order valence-corrected chi connectivity index (χ2v) is 4.19. The van der Waals surface area contributed by atoms with Crippen LogP contribution in [0.4, 0.5) is 5.69 Å². The zero-order chi connectivity index (χ0) is 13.5. The number of rotatable bonds is 5. The molecule has 0 saturated heterocycles.